The molecule has 2 heteroatoms. The summed E-state index contributed by atoms with van der Waals surface area (Å²) < 4.78 is 0. The third-order valence-electron chi connectivity index (χ3n) is 1.68. The summed E-state index contributed by atoms with van der Waals surface area (Å²) in [6, 6.07) is 0. The Kier molecular flexibility index (Phi) is 7.76. The minimum Gasteiger partial charge on any atom is -0.383 e. The molecule has 0 fully saturated rings. The van der Waals surface area contributed by atoms with Gasteiger partial charge in [0.2, 0.25) is 0 Å². The zero-order valence-electron chi connectivity index (χ0n) is 8.10. The molecule has 12 heavy (non-hydrogen) atoms. The topological polar surface area (TPSA) is 29.1 Å². The van der Waals surface area contributed by atoms with Crippen LogP contribution in [0.15, 0.2) is 11.8 Å². The van der Waals surface area contributed by atoms with Gasteiger partial charge in [0, 0.05) is 6.54 Å². The Hall–Kier alpha value is -0.790. The highest BCUT2D eigenvalue weighted by Gasteiger charge is 1.90. The van der Waals surface area contributed by atoms with E-state index >= 15 is 0 Å². The van der Waals surface area contributed by atoms with Gasteiger partial charge in [-0.15, -0.1) is 0 Å². The van der Waals surface area contributed by atoms with Crippen molar-refractivity contribution in [1.29, 1.82) is 0 Å². The van der Waals surface area contributed by atoms with Crippen molar-refractivity contribution in [2.45, 2.75) is 39.5 Å². The lowest BCUT2D eigenvalue weighted by molar-refractivity contribution is -0.105. The number of likely N-dealkylation sites (N-methyl/N-ethyl adjacent to an activating group) is 1. The normalized spacial score (nSPS) is 11.3. The van der Waals surface area contributed by atoms with E-state index in [1.807, 2.05) is 13.0 Å². The molecule has 0 aliphatic rings. The van der Waals surface area contributed by atoms with E-state index in [0.29, 0.717) is 0 Å². The zero-order valence-corrected chi connectivity index (χ0v) is 8.10. The smallest absolute Gasteiger partial charge is 0.165 e. The molecule has 0 aromatic heterocycles. The summed E-state index contributed by atoms with van der Waals surface area (Å²) in [7, 11) is 0. The Balaban J connectivity index is 3.55. The lowest BCUT2D eigenvalue weighted by atomic mass is 10.2. The number of rotatable bonds is 7. The van der Waals surface area contributed by atoms with Gasteiger partial charge in [-0.3, -0.25) is 4.79 Å². The molecular formula is C10H19NO. The third kappa shape index (κ3) is 5.96. The van der Waals surface area contributed by atoms with E-state index in [-0.39, 0.29) is 0 Å². The molecule has 2 nitrogen and oxygen atoms in total. The van der Waals surface area contributed by atoms with Crippen LogP contribution in [-0.2, 0) is 4.79 Å². The van der Waals surface area contributed by atoms with Gasteiger partial charge < -0.3 is 5.32 Å². The monoisotopic (exact) mass is 169 g/mol. The quantitative estimate of drug-likeness (QED) is 0.360. The highest BCUT2D eigenvalue weighted by atomic mass is 16.1. The molecule has 70 valence electrons. The number of nitrogens with one attached hydrogen (secondary N) is 1. The van der Waals surface area contributed by atoms with Gasteiger partial charge in [0.05, 0.1) is 5.70 Å². The second kappa shape index (κ2) is 8.31. The van der Waals surface area contributed by atoms with Gasteiger partial charge in [-0.05, 0) is 19.8 Å². The summed E-state index contributed by atoms with van der Waals surface area (Å²) in [4.78, 5) is 10.4. The summed E-state index contributed by atoms with van der Waals surface area (Å²) >= 11 is 0. The predicted molar refractivity (Wildman–Crippen MR) is 52.0 cm³/mol. The molecule has 0 heterocycles. The Morgan fingerprint density at radius 2 is 2.08 bits per heavy atom. The molecule has 0 bridgehead atoms. The van der Waals surface area contributed by atoms with Crippen LogP contribution in [0.3, 0.4) is 0 Å². The van der Waals surface area contributed by atoms with E-state index in [4.69, 9.17) is 0 Å². The molecule has 0 spiro atoms. The molecule has 0 aliphatic heterocycles. The number of carbonyl (C=O) groups excluding carboxylic acids is 1. The first-order chi connectivity index (χ1) is 5.85. The van der Waals surface area contributed by atoms with Crippen molar-refractivity contribution in [1.82, 2.24) is 5.32 Å². The van der Waals surface area contributed by atoms with Crippen LogP contribution in [0.2, 0.25) is 0 Å². The lowest BCUT2D eigenvalue weighted by Gasteiger charge is -2.00. The van der Waals surface area contributed by atoms with Crippen molar-refractivity contribution in [3.63, 3.8) is 0 Å². The molecule has 0 unspecified atom stereocenters. The van der Waals surface area contributed by atoms with Crippen LogP contribution < -0.4 is 5.32 Å². The molecule has 0 atom stereocenters. The van der Waals surface area contributed by atoms with Crippen LogP contribution in [0.4, 0.5) is 0 Å². The van der Waals surface area contributed by atoms with Crippen molar-refractivity contribution < 1.29 is 4.79 Å². The molecule has 0 rings (SSSR count). The molecule has 0 aliphatic carbocycles. The van der Waals surface area contributed by atoms with E-state index in [9.17, 15) is 4.79 Å². The average molecular weight is 169 g/mol. The highest BCUT2D eigenvalue weighted by molar-refractivity contribution is 5.72. The minimum absolute atomic E-state index is 0.730. The van der Waals surface area contributed by atoms with E-state index in [2.05, 4.69) is 12.2 Å². The maximum atomic E-state index is 10.4. The fourth-order valence-electron chi connectivity index (χ4n) is 1.02. The Morgan fingerprint density at radius 1 is 1.33 bits per heavy atom. The second-order valence-corrected chi connectivity index (χ2v) is 2.80. The number of hydrogen-bond acceptors (Lipinski definition) is 2. The van der Waals surface area contributed by atoms with Gasteiger partial charge in [-0.25, -0.2) is 0 Å². The molecule has 0 saturated heterocycles. The van der Waals surface area contributed by atoms with Crippen molar-refractivity contribution in [3.05, 3.63) is 11.8 Å². The van der Waals surface area contributed by atoms with Crippen LogP contribution in [0, 0.1) is 0 Å². The molecular weight excluding hydrogens is 150 g/mol. The van der Waals surface area contributed by atoms with Gasteiger partial charge >= 0.3 is 0 Å². The minimum atomic E-state index is 0.730. The number of carbonyl (C=O) groups is 1. The first-order valence-electron chi connectivity index (χ1n) is 4.74. The number of unbranched alkanes of at least 4 members (excludes halogenated alkanes) is 3. The molecule has 0 saturated carbocycles. The maximum Gasteiger partial charge on any atom is 0.165 e. The van der Waals surface area contributed by atoms with Gasteiger partial charge in [0.25, 0.3) is 0 Å². The van der Waals surface area contributed by atoms with E-state index in [1.165, 1.54) is 19.3 Å². The van der Waals surface area contributed by atoms with E-state index in [1.54, 1.807) is 0 Å². The van der Waals surface area contributed by atoms with Crippen LogP contribution in [0.5, 0.6) is 0 Å². The third-order valence-corrected chi connectivity index (χ3v) is 1.68. The van der Waals surface area contributed by atoms with E-state index in [0.717, 1.165) is 24.9 Å². The summed E-state index contributed by atoms with van der Waals surface area (Å²) in [5, 5.41) is 3.00. The highest BCUT2D eigenvalue weighted by Crippen LogP contribution is 2.00. The van der Waals surface area contributed by atoms with Crippen molar-refractivity contribution in [3.8, 4) is 0 Å². The fraction of sp³-hybridized carbons (Fsp3) is 0.700. The first-order valence-corrected chi connectivity index (χ1v) is 4.74. The molecule has 0 aromatic carbocycles. The summed E-state index contributed by atoms with van der Waals surface area (Å²) in [6.45, 7) is 4.98. The zero-order chi connectivity index (χ0) is 9.23. The van der Waals surface area contributed by atoms with Gasteiger partial charge in [-0.1, -0.05) is 25.8 Å². The molecule has 0 amide bonds. The van der Waals surface area contributed by atoms with Crippen LogP contribution in [0.25, 0.3) is 0 Å². The Bertz CT molecular complexity index is 141. The maximum absolute atomic E-state index is 10.4. The number of allylic oxidation sites excluding steroid dienone is 2. The van der Waals surface area contributed by atoms with Gasteiger partial charge in [-0.2, -0.15) is 0 Å². The van der Waals surface area contributed by atoms with Crippen LogP contribution >= 0.6 is 0 Å². The molecule has 0 radical (unpaired) electrons. The van der Waals surface area contributed by atoms with Crippen molar-refractivity contribution in [2.75, 3.05) is 6.54 Å². The summed E-state index contributed by atoms with van der Waals surface area (Å²) in [5.74, 6) is 0. The molecule has 1 N–H and O–H groups in total. The average Bonchev–Trinajstić information content (AvgIpc) is 2.10. The van der Waals surface area contributed by atoms with Crippen LogP contribution in [0.1, 0.15) is 39.5 Å². The van der Waals surface area contributed by atoms with Gasteiger partial charge in [0.15, 0.2) is 6.29 Å². The second-order valence-electron chi connectivity index (χ2n) is 2.80. The van der Waals surface area contributed by atoms with Crippen molar-refractivity contribution in [2.24, 2.45) is 0 Å². The first kappa shape index (κ1) is 11.2. The fourth-order valence-corrected chi connectivity index (χ4v) is 1.02. The summed E-state index contributed by atoms with van der Waals surface area (Å²) in [5.41, 5.74) is 0.730. The van der Waals surface area contributed by atoms with Crippen molar-refractivity contribution >= 4 is 6.29 Å². The largest absolute Gasteiger partial charge is 0.383 e. The predicted octanol–water partition coefficient (Wildman–Crippen LogP) is 2.26. The summed E-state index contributed by atoms with van der Waals surface area (Å²) in [6.07, 6.45) is 7.52. The SMILES string of the molecule is CCCCC/C=C(/C=O)NCC. The standard InChI is InChI=1S/C10H19NO/c1-3-5-6-7-8-10(9-12)11-4-2/h8-9,11H,3-7H2,1-2H3/b10-8-. The number of hydrogen-bond donors (Lipinski definition) is 1. The van der Waals surface area contributed by atoms with Gasteiger partial charge in [0.1, 0.15) is 0 Å². The van der Waals surface area contributed by atoms with Crippen LogP contribution in [-0.4, -0.2) is 12.8 Å². The Morgan fingerprint density at radius 3 is 2.58 bits per heavy atom. The number of aldehydes is 1. The lowest BCUT2D eigenvalue weighted by Crippen LogP contribution is -2.12. The van der Waals surface area contributed by atoms with E-state index < -0.39 is 0 Å². The Labute approximate surface area is 75.0 Å². The molecule has 0 aromatic rings.